The van der Waals surface area contributed by atoms with Crippen molar-refractivity contribution in [1.82, 2.24) is 0 Å². The molecule has 2 nitrogen and oxygen atoms in total. The Morgan fingerprint density at radius 3 is 2.56 bits per heavy atom. The molecular formula is C14H19F2NO. The van der Waals surface area contributed by atoms with E-state index in [9.17, 15) is 8.78 Å². The third kappa shape index (κ3) is 2.64. The number of hydrogen-bond donors (Lipinski definition) is 1. The van der Waals surface area contributed by atoms with Crippen LogP contribution in [0.15, 0.2) is 12.1 Å². The lowest BCUT2D eigenvalue weighted by Crippen LogP contribution is -2.22. The van der Waals surface area contributed by atoms with E-state index in [1.807, 2.05) is 6.92 Å². The molecule has 0 amide bonds. The average molecular weight is 255 g/mol. The van der Waals surface area contributed by atoms with Crippen molar-refractivity contribution in [3.05, 3.63) is 28.8 Å². The number of rotatable bonds is 5. The van der Waals surface area contributed by atoms with Crippen LogP contribution in [0.4, 0.5) is 8.78 Å². The maximum atomic E-state index is 12.9. The van der Waals surface area contributed by atoms with Gasteiger partial charge in [-0.15, -0.1) is 0 Å². The average Bonchev–Trinajstić information content (AvgIpc) is 3.05. The molecule has 0 heterocycles. The Morgan fingerprint density at radius 1 is 1.39 bits per heavy atom. The fraction of sp³-hybridized carbons (Fsp3) is 0.571. The summed E-state index contributed by atoms with van der Waals surface area (Å²) in [6, 6.07) is 3.17. The number of ether oxygens (including phenoxy) is 1. The van der Waals surface area contributed by atoms with Gasteiger partial charge in [-0.2, -0.15) is 0 Å². The van der Waals surface area contributed by atoms with Crippen LogP contribution in [0.25, 0.3) is 0 Å². The van der Waals surface area contributed by atoms with Crippen LogP contribution in [0.2, 0.25) is 0 Å². The molecule has 1 aromatic rings. The van der Waals surface area contributed by atoms with Gasteiger partial charge in [0.1, 0.15) is 5.75 Å². The highest BCUT2D eigenvalue weighted by Gasteiger charge is 2.37. The van der Waals surface area contributed by atoms with E-state index in [1.165, 1.54) is 13.2 Å². The largest absolute Gasteiger partial charge is 0.496 e. The van der Waals surface area contributed by atoms with E-state index in [0.717, 1.165) is 30.4 Å². The number of methoxy groups -OCH3 is 1. The minimum absolute atomic E-state index is 0.0278. The van der Waals surface area contributed by atoms with Crippen molar-refractivity contribution in [2.45, 2.75) is 44.6 Å². The summed E-state index contributed by atoms with van der Waals surface area (Å²) in [5.74, 6) is 0.328. The van der Waals surface area contributed by atoms with Gasteiger partial charge < -0.3 is 10.5 Å². The van der Waals surface area contributed by atoms with Gasteiger partial charge in [0.05, 0.1) is 12.7 Å². The van der Waals surface area contributed by atoms with Gasteiger partial charge in [0.25, 0.3) is 6.43 Å². The highest BCUT2D eigenvalue weighted by molar-refractivity contribution is 5.47. The molecule has 1 aliphatic rings. The second-order valence-corrected chi connectivity index (χ2v) is 5.15. The molecule has 2 N–H and O–H groups in total. The normalized spacial score (nSPS) is 17.0. The molecule has 1 fully saturated rings. The molecule has 0 aromatic heterocycles. The Kier molecular flexibility index (Phi) is 3.57. The van der Waals surface area contributed by atoms with E-state index < -0.39 is 6.43 Å². The molecular weight excluding hydrogens is 236 g/mol. The summed E-state index contributed by atoms with van der Waals surface area (Å²) < 4.78 is 31.0. The lowest BCUT2D eigenvalue weighted by Gasteiger charge is -2.17. The summed E-state index contributed by atoms with van der Waals surface area (Å²) >= 11 is 0. The molecule has 18 heavy (non-hydrogen) atoms. The van der Waals surface area contributed by atoms with E-state index in [0.29, 0.717) is 12.2 Å². The van der Waals surface area contributed by atoms with E-state index in [4.69, 9.17) is 10.5 Å². The third-order valence-electron chi connectivity index (χ3n) is 3.73. The first-order valence-electron chi connectivity index (χ1n) is 6.20. The maximum Gasteiger partial charge on any atom is 0.267 e. The van der Waals surface area contributed by atoms with E-state index >= 15 is 0 Å². The number of benzene rings is 1. The summed E-state index contributed by atoms with van der Waals surface area (Å²) in [5, 5.41) is 0. The van der Waals surface area contributed by atoms with Crippen molar-refractivity contribution in [3.8, 4) is 5.75 Å². The molecule has 100 valence electrons. The molecule has 0 saturated heterocycles. The number of alkyl halides is 2. The van der Waals surface area contributed by atoms with Crippen LogP contribution in [0.3, 0.4) is 0 Å². The summed E-state index contributed by atoms with van der Waals surface area (Å²) in [4.78, 5) is 0. The quantitative estimate of drug-likeness (QED) is 0.875. The van der Waals surface area contributed by atoms with Crippen LogP contribution in [0.1, 0.15) is 42.4 Å². The standard InChI is InChI=1S/C14H19F2NO/c1-9-3-4-11(13(15)16)12(18-2)10(9)5-6-14(17)7-8-14/h3-4,13H,5-8,17H2,1-2H3. The smallest absolute Gasteiger partial charge is 0.267 e. The number of hydrogen-bond acceptors (Lipinski definition) is 2. The third-order valence-corrected chi connectivity index (χ3v) is 3.73. The van der Waals surface area contributed by atoms with Crippen molar-refractivity contribution in [2.24, 2.45) is 5.73 Å². The van der Waals surface area contributed by atoms with Crippen LogP contribution in [-0.2, 0) is 6.42 Å². The summed E-state index contributed by atoms with van der Waals surface area (Å²) in [6.07, 6.45) is 1.08. The van der Waals surface area contributed by atoms with Crippen LogP contribution in [0.5, 0.6) is 5.75 Å². The van der Waals surface area contributed by atoms with E-state index in [-0.39, 0.29) is 11.1 Å². The van der Waals surface area contributed by atoms with Gasteiger partial charge in [-0.05, 0) is 49.8 Å². The second-order valence-electron chi connectivity index (χ2n) is 5.15. The van der Waals surface area contributed by atoms with Gasteiger partial charge in [0.15, 0.2) is 0 Å². The van der Waals surface area contributed by atoms with Gasteiger partial charge in [0, 0.05) is 5.54 Å². The molecule has 1 saturated carbocycles. The first-order valence-corrected chi connectivity index (χ1v) is 6.20. The second kappa shape index (κ2) is 4.84. The zero-order valence-electron chi connectivity index (χ0n) is 10.8. The number of aryl methyl sites for hydroxylation is 1. The lowest BCUT2D eigenvalue weighted by molar-refractivity contribution is 0.147. The Morgan fingerprint density at radius 2 is 2.06 bits per heavy atom. The highest BCUT2D eigenvalue weighted by atomic mass is 19.3. The topological polar surface area (TPSA) is 35.2 Å². The Labute approximate surface area is 106 Å². The van der Waals surface area contributed by atoms with Crippen molar-refractivity contribution in [3.63, 3.8) is 0 Å². The predicted molar refractivity (Wildman–Crippen MR) is 67.2 cm³/mol. The maximum absolute atomic E-state index is 12.9. The Bertz CT molecular complexity index is 442. The summed E-state index contributed by atoms with van der Waals surface area (Å²) in [6.45, 7) is 1.92. The van der Waals surface area contributed by atoms with E-state index in [1.54, 1.807) is 6.07 Å². The van der Waals surface area contributed by atoms with Crippen molar-refractivity contribution >= 4 is 0 Å². The number of halogens is 2. The minimum Gasteiger partial charge on any atom is -0.496 e. The molecule has 0 unspecified atom stereocenters. The first kappa shape index (κ1) is 13.3. The summed E-state index contributed by atoms with van der Waals surface area (Å²) in [7, 11) is 1.44. The molecule has 1 aliphatic carbocycles. The monoisotopic (exact) mass is 255 g/mol. The molecule has 1 aromatic carbocycles. The minimum atomic E-state index is -2.51. The zero-order chi connectivity index (χ0) is 13.3. The first-order chi connectivity index (χ1) is 8.47. The van der Waals surface area contributed by atoms with Crippen LogP contribution < -0.4 is 10.5 Å². The fourth-order valence-corrected chi connectivity index (χ4v) is 2.25. The van der Waals surface area contributed by atoms with Crippen LogP contribution in [-0.4, -0.2) is 12.6 Å². The van der Waals surface area contributed by atoms with Crippen molar-refractivity contribution in [2.75, 3.05) is 7.11 Å². The molecule has 0 radical (unpaired) electrons. The molecule has 0 spiro atoms. The van der Waals surface area contributed by atoms with Crippen LogP contribution in [0, 0.1) is 6.92 Å². The van der Waals surface area contributed by atoms with Gasteiger partial charge in [-0.1, -0.05) is 6.07 Å². The SMILES string of the molecule is COc1c(C(F)F)ccc(C)c1CCC1(N)CC1. The van der Waals surface area contributed by atoms with Gasteiger partial charge in [-0.25, -0.2) is 8.78 Å². The zero-order valence-corrected chi connectivity index (χ0v) is 10.8. The summed E-state index contributed by atoms with van der Waals surface area (Å²) in [5.41, 5.74) is 7.80. The van der Waals surface area contributed by atoms with Gasteiger partial charge >= 0.3 is 0 Å². The van der Waals surface area contributed by atoms with Crippen LogP contribution >= 0.6 is 0 Å². The predicted octanol–water partition coefficient (Wildman–Crippen LogP) is 3.37. The molecule has 4 heteroatoms. The molecule has 2 rings (SSSR count). The van der Waals surface area contributed by atoms with Crippen molar-refractivity contribution in [1.29, 1.82) is 0 Å². The van der Waals surface area contributed by atoms with E-state index in [2.05, 4.69) is 0 Å². The highest BCUT2D eigenvalue weighted by Crippen LogP contribution is 2.40. The van der Waals surface area contributed by atoms with Gasteiger partial charge in [0.2, 0.25) is 0 Å². The van der Waals surface area contributed by atoms with Gasteiger partial charge in [-0.3, -0.25) is 0 Å². The fourth-order valence-electron chi connectivity index (χ4n) is 2.25. The van der Waals surface area contributed by atoms with Crippen molar-refractivity contribution < 1.29 is 13.5 Å². The molecule has 0 bridgehead atoms. The Hall–Kier alpha value is -1.16. The molecule has 0 atom stereocenters. The Balaban J connectivity index is 2.28. The lowest BCUT2D eigenvalue weighted by atomic mass is 9.96. The molecule has 0 aliphatic heterocycles. The number of nitrogens with two attached hydrogens (primary N) is 1.